The van der Waals surface area contributed by atoms with Crippen molar-refractivity contribution in [3.63, 3.8) is 0 Å². The van der Waals surface area contributed by atoms with Crippen LogP contribution in [0.15, 0.2) is 24.3 Å². The summed E-state index contributed by atoms with van der Waals surface area (Å²) >= 11 is 0. The topological polar surface area (TPSA) is 30.5 Å². The molecule has 1 saturated carbocycles. The van der Waals surface area contributed by atoms with Crippen molar-refractivity contribution in [2.75, 3.05) is 13.7 Å². The van der Waals surface area contributed by atoms with Gasteiger partial charge >= 0.3 is 0 Å². The minimum Gasteiger partial charge on any atom is -0.490 e. The summed E-state index contributed by atoms with van der Waals surface area (Å²) in [5.41, 5.74) is 1.32. The van der Waals surface area contributed by atoms with Gasteiger partial charge in [-0.15, -0.1) is 0 Å². The minimum absolute atomic E-state index is 0.352. The molecule has 3 nitrogen and oxygen atoms in total. The van der Waals surface area contributed by atoms with Gasteiger partial charge in [0.15, 0.2) is 0 Å². The van der Waals surface area contributed by atoms with Crippen molar-refractivity contribution in [3.05, 3.63) is 29.8 Å². The van der Waals surface area contributed by atoms with Gasteiger partial charge in [-0.05, 0) is 50.4 Å². The van der Waals surface area contributed by atoms with E-state index in [1.165, 1.54) is 18.4 Å². The Balaban J connectivity index is 1.77. The van der Waals surface area contributed by atoms with E-state index >= 15 is 0 Å². The second kappa shape index (κ2) is 6.15. The second-order valence-corrected chi connectivity index (χ2v) is 5.93. The lowest BCUT2D eigenvalue weighted by molar-refractivity contribution is 0.0782. The van der Waals surface area contributed by atoms with E-state index in [9.17, 15) is 0 Å². The molecule has 3 rings (SSSR count). The fourth-order valence-electron chi connectivity index (χ4n) is 3.25. The maximum atomic E-state index is 5.92. The van der Waals surface area contributed by atoms with E-state index in [0.29, 0.717) is 24.2 Å². The predicted molar refractivity (Wildman–Crippen MR) is 80.0 cm³/mol. The molecule has 1 aromatic carbocycles. The van der Waals surface area contributed by atoms with Crippen LogP contribution in [0.3, 0.4) is 0 Å². The Kier molecular flexibility index (Phi) is 4.27. The molecule has 1 aromatic rings. The molecule has 1 aliphatic carbocycles. The lowest BCUT2D eigenvalue weighted by Crippen LogP contribution is -2.30. The Morgan fingerprint density at radius 2 is 2.20 bits per heavy atom. The number of benzene rings is 1. The molecule has 3 atom stereocenters. The van der Waals surface area contributed by atoms with Crippen LogP contribution in [0.2, 0.25) is 0 Å². The number of hydrogen-bond donors (Lipinski definition) is 1. The van der Waals surface area contributed by atoms with E-state index in [2.05, 4.69) is 36.5 Å². The van der Waals surface area contributed by atoms with Crippen LogP contribution in [0.5, 0.6) is 5.75 Å². The average Bonchev–Trinajstić information content (AvgIpc) is 3.16. The Morgan fingerprint density at radius 1 is 1.35 bits per heavy atom. The summed E-state index contributed by atoms with van der Waals surface area (Å²) in [5.74, 6) is 1.57. The fraction of sp³-hybridized carbons (Fsp3) is 0.647. The Hall–Kier alpha value is -1.06. The first kappa shape index (κ1) is 13.9. The summed E-state index contributed by atoms with van der Waals surface area (Å²) < 4.78 is 11.8. The van der Waals surface area contributed by atoms with Crippen LogP contribution in [-0.4, -0.2) is 25.9 Å². The highest BCUT2D eigenvalue weighted by molar-refractivity contribution is 5.31. The maximum absolute atomic E-state index is 5.92. The SMILES string of the molecule is CCC1OCCC1C(NC)c1cccc(OC2CC2)c1. The highest BCUT2D eigenvalue weighted by Gasteiger charge is 2.34. The normalized spacial score (nSPS) is 27.5. The van der Waals surface area contributed by atoms with Crippen molar-refractivity contribution in [2.24, 2.45) is 5.92 Å². The third-order valence-corrected chi connectivity index (χ3v) is 4.45. The summed E-state index contributed by atoms with van der Waals surface area (Å²) in [5, 5.41) is 3.49. The molecule has 110 valence electrons. The Labute approximate surface area is 121 Å². The van der Waals surface area contributed by atoms with Gasteiger partial charge in [-0.25, -0.2) is 0 Å². The summed E-state index contributed by atoms with van der Waals surface area (Å²) in [6, 6.07) is 8.92. The van der Waals surface area contributed by atoms with Crippen molar-refractivity contribution < 1.29 is 9.47 Å². The van der Waals surface area contributed by atoms with Crippen molar-refractivity contribution >= 4 is 0 Å². The average molecular weight is 275 g/mol. The van der Waals surface area contributed by atoms with Crippen LogP contribution >= 0.6 is 0 Å². The van der Waals surface area contributed by atoms with E-state index in [1.807, 2.05) is 7.05 Å². The molecule has 1 saturated heterocycles. The van der Waals surface area contributed by atoms with Gasteiger partial charge in [0.2, 0.25) is 0 Å². The molecular weight excluding hydrogens is 250 g/mol. The van der Waals surface area contributed by atoms with E-state index in [-0.39, 0.29) is 0 Å². The largest absolute Gasteiger partial charge is 0.490 e. The van der Waals surface area contributed by atoms with Crippen molar-refractivity contribution in [1.82, 2.24) is 5.32 Å². The number of rotatable bonds is 6. The van der Waals surface area contributed by atoms with Crippen LogP contribution < -0.4 is 10.1 Å². The van der Waals surface area contributed by atoms with Crippen LogP contribution in [0.25, 0.3) is 0 Å². The summed E-state index contributed by atoms with van der Waals surface area (Å²) in [6.45, 7) is 3.10. The van der Waals surface area contributed by atoms with Gasteiger partial charge in [0, 0.05) is 18.6 Å². The first-order valence-electron chi connectivity index (χ1n) is 7.87. The van der Waals surface area contributed by atoms with Crippen LogP contribution in [-0.2, 0) is 4.74 Å². The van der Waals surface area contributed by atoms with Gasteiger partial charge in [0.25, 0.3) is 0 Å². The van der Waals surface area contributed by atoms with Gasteiger partial charge in [-0.1, -0.05) is 19.1 Å². The summed E-state index contributed by atoms with van der Waals surface area (Å²) in [6.07, 6.45) is 5.46. The van der Waals surface area contributed by atoms with Gasteiger partial charge in [-0.2, -0.15) is 0 Å². The molecule has 0 amide bonds. The van der Waals surface area contributed by atoms with E-state index in [1.54, 1.807) is 0 Å². The molecule has 0 bridgehead atoms. The molecule has 3 unspecified atom stereocenters. The first-order chi connectivity index (χ1) is 9.81. The zero-order valence-electron chi connectivity index (χ0n) is 12.5. The monoisotopic (exact) mass is 275 g/mol. The second-order valence-electron chi connectivity index (χ2n) is 5.93. The number of nitrogens with one attached hydrogen (secondary N) is 1. The third-order valence-electron chi connectivity index (χ3n) is 4.45. The molecule has 0 aromatic heterocycles. The quantitative estimate of drug-likeness (QED) is 0.864. The Bertz CT molecular complexity index is 444. The smallest absolute Gasteiger partial charge is 0.120 e. The zero-order valence-corrected chi connectivity index (χ0v) is 12.5. The molecule has 2 aliphatic rings. The lowest BCUT2D eigenvalue weighted by Gasteiger charge is -2.27. The number of ether oxygens (including phenoxy) is 2. The molecule has 3 heteroatoms. The van der Waals surface area contributed by atoms with Gasteiger partial charge < -0.3 is 14.8 Å². The standard InChI is InChI=1S/C17H25NO2/c1-3-16-15(9-10-19-16)17(18-2)12-5-4-6-14(11-12)20-13-7-8-13/h4-6,11,13,15-18H,3,7-10H2,1-2H3. The highest BCUT2D eigenvalue weighted by Crippen LogP contribution is 2.36. The third kappa shape index (κ3) is 2.99. The predicted octanol–water partition coefficient (Wildman–Crippen LogP) is 3.30. The van der Waals surface area contributed by atoms with Crippen LogP contribution in [0.1, 0.15) is 44.2 Å². The molecule has 1 heterocycles. The van der Waals surface area contributed by atoms with Gasteiger partial charge in [0.05, 0.1) is 12.2 Å². The number of hydrogen-bond acceptors (Lipinski definition) is 3. The molecule has 0 spiro atoms. The molecule has 1 aliphatic heterocycles. The Morgan fingerprint density at radius 3 is 2.90 bits per heavy atom. The molecular formula is C17H25NO2. The van der Waals surface area contributed by atoms with E-state index < -0.39 is 0 Å². The highest BCUT2D eigenvalue weighted by atomic mass is 16.5. The van der Waals surface area contributed by atoms with Crippen LogP contribution in [0.4, 0.5) is 0 Å². The van der Waals surface area contributed by atoms with Crippen molar-refractivity contribution in [1.29, 1.82) is 0 Å². The van der Waals surface area contributed by atoms with Crippen LogP contribution in [0, 0.1) is 5.92 Å². The first-order valence-corrected chi connectivity index (χ1v) is 7.87. The zero-order chi connectivity index (χ0) is 13.9. The minimum atomic E-state index is 0.352. The molecule has 1 N–H and O–H groups in total. The van der Waals surface area contributed by atoms with Gasteiger partial charge in [-0.3, -0.25) is 0 Å². The van der Waals surface area contributed by atoms with Gasteiger partial charge in [0.1, 0.15) is 5.75 Å². The van der Waals surface area contributed by atoms with E-state index in [4.69, 9.17) is 9.47 Å². The molecule has 2 fully saturated rings. The molecule has 0 radical (unpaired) electrons. The maximum Gasteiger partial charge on any atom is 0.120 e. The van der Waals surface area contributed by atoms with E-state index in [0.717, 1.165) is 25.2 Å². The molecule has 20 heavy (non-hydrogen) atoms. The van der Waals surface area contributed by atoms with Crippen molar-refractivity contribution in [2.45, 2.75) is 50.9 Å². The summed E-state index contributed by atoms with van der Waals surface area (Å²) in [4.78, 5) is 0. The lowest BCUT2D eigenvalue weighted by atomic mass is 9.87. The fourth-order valence-corrected chi connectivity index (χ4v) is 3.25. The van der Waals surface area contributed by atoms with Crippen molar-refractivity contribution in [3.8, 4) is 5.75 Å². The summed E-state index contributed by atoms with van der Waals surface area (Å²) in [7, 11) is 2.05.